The fourth-order valence-electron chi connectivity index (χ4n) is 8.31. The maximum atomic E-state index is 6.32. The monoisotopic (exact) mass is 651 g/mol. The lowest BCUT2D eigenvalue weighted by atomic mass is 9.74. The number of fused-ring (bicyclic) bond motifs is 7. The van der Waals surface area contributed by atoms with E-state index < -0.39 is 0 Å². The number of para-hydroxylation sites is 1. The molecule has 8 aromatic rings. The Hall–Kier alpha value is -6.65. The van der Waals surface area contributed by atoms with Crippen LogP contribution in [0.25, 0.3) is 88.9 Å². The Morgan fingerprint density at radius 1 is 0.490 bits per heavy atom. The quantitative estimate of drug-likeness (QED) is 0.190. The molecular formula is C47H29N3O. The first-order valence-electron chi connectivity index (χ1n) is 17.4. The van der Waals surface area contributed by atoms with Crippen molar-refractivity contribution in [2.24, 2.45) is 11.8 Å². The van der Waals surface area contributed by atoms with Crippen molar-refractivity contribution >= 4 is 43.9 Å². The summed E-state index contributed by atoms with van der Waals surface area (Å²) < 4.78 is 6.32. The van der Waals surface area contributed by atoms with Gasteiger partial charge >= 0.3 is 0 Å². The number of rotatable bonds is 4. The van der Waals surface area contributed by atoms with Gasteiger partial charge in [-0.1, -0.05) is 140 Å². The number of allylic oxidation sites excluding steroid dienone is 8. The van der Waals surface area contributed by atoms with E-state index in [4.69, 9.17) is 19.4 Å². The Morgan fingerprint density at radius 2 is 1.20 bits per heavy atom. The highest BCUT2D eigenvalue weighted by Gasteiger charge is 2.30. The van der Waals surface area contributed by atoms with Crippen molar-refractivity contribution in [3.8, 4) is 45.0 Å². The van der Waals surface area contributed by atoms with Gasteiger partial charge in [-0.2, -0.15) is 0 Å². The lowest BCUT2D eigenvalue weighted by Gasteiger charge is -2.29. The summed E-state index contributed by atoms with van der Waals surface area (Å²) >= 11 is 0. The van der Waals surface area contributed by atoms with E-state index >= 15 is 0 Å². The summed E-state index contributed by atoms with van der Waals surface area (Å²) in [4.78, 5) is 15.5. The molecule has 238 valence electrons. The molecule has 4 heteroatoms. The Kier molecular flexibility index (Phi) is 6.05. The molecule has 2 heterocycles. The van der Waals surface area contributed by atoms with E-state index in [0.717, 1.165) is 38.6 Å². The molecule has 6 aromatic carbocycles. The first-order valence-corrected chi connectivity index (χ1v) is 17.4. The molecule has 2 atom stereocenters. The first kappa shape index (κ1) is 28.2. The average molecular weight is 652 g/mol. The standard InChI is InChI=1S/C47H29N3O/c1-2-11-29(12-3-1)45-48-46(31-23-24-34-35-18-8-14-28-15-9-19-36(43(28)35)40(34)26-31)50-47(49-45)32-25-30-13-4-5-16-33(30)39(27-32)37-20-10-22-42-44(37)38-17-6-7-21-41(38)51-42/h1-27,30,33H. The summed E-state index contributed by atoms with van der Waals surface area (Å²) in [5.74, 6) is 2.30. The maximum absolute atomic E-state index is 6.32. The van der Waals surface area contributed by atoms with Crippen LogP contribution in [0.2, 0.25) is 0 Å². The van der Waals surface area contributed by atoms with Crippen LogP contribution in [0.3, 0.4) is 0 Å². The third kappa shape index (κ3) is 4.36. The molecule has 0 amide bonds. The zero-order chi connectivity index (χ0) is 33.5. The molecular weight excluding hydrogens is 623 g/mol. The van der Waals surface area contributed by atoms with Crippen molar-refractivity contribution in [2.45, 2.75) is 0 Å². The molecule has 0 aliphatic heterocycles. The van der Waals surface area contributed by atoms with Gasteiger partial charge in [-0.25, -0.2) is 15.0 Å². The molecule has 0 spiro atoms. The van der Waals surface area contributed by atoms with Gasteiger partial charge in [0.05, 0.1) is 0 Å². The zero-order valence-electron chi connectivity index (χ0n) is 27.5. The highest BCUT2D eigenvalue weighted by molar-refractivity contribution is 6.15. The first-order chi connectivity index (χ1) is 25.3. The van der Waals surface area contributed by atoms with Crippen LogP contribution in [0.4, 0.5) is 0 Å². The van der Waals surface area contributed by atoms with Gasteiger partial charge in [0.2, 0.25) is 0 Å². The van der Waals surface area contributed by atoms with Crippen molar-refractivity contribution in [3.05, 3.63) is 175 Å². The van der Waals surface area contributed by atoms with Crippen LogP contribution < -0.4 is 0 Å². The molecule has 2 aromatic heterocycles. The second-order valence-corrected chi connectivity index (χ2v) is 13.5. The minimum Gasteiger partial charge on any atom is -0.456 e. The molecule has 0 bridgehead atoms. The van der Waals surface area contributed by atoms with E-state index in [0.29, 0.717) is 17.5 Å². The topological polar surface area (TPSA) is 51.8 Å². The number of hydrogen-bond donors (Lipinski definition) is 0. The van der Waals surface area contributed by atoms with Crippen molar-refractivity contribution in [2.75, 3.05) is 0 Å². The lowest BCUT2D eigenvalue weighted by molar-refractivity contribution is 0.668. The van der Waals surface area contributed by atoms with Crippen LogP contribution in [0.15, 0.2) is 168 Å². The van der Waals surface area contributed by atoms with Crippen LogP contribution in [0, 0.1) is 11.8 Å². The van der Waals surface area contributed by atoms with E-state index in [2.05, 4.69) is 134 Å². The number of benzene rings is 6. The third-order valence-electron chi connectivity index (χ3n) is 10.6. The van der Waals surface area contributed by atoms with E-state index in [9.17, 15) is 0 Å². The Labute approximate surface area is 294 Å². The van der Waals surface area contributed by atoms with Crippen molar-refractivity contribution in [1.82, 2.24) is 15.0 Å². The van der Waals surface area contributed by atoms with Gasteiger partial charge in [0, 0.05) is 39.3 Å². The van der Waals surface area contributed by atoms with Crippen LogP contribution in [0.5, 0.6) is 0 Å². The smallest absolute Gasteiger partial charge is 0.164 e. The molecule has 0 N–H and O–H groups in total. The number of hydrogen-bond acceptors (Lipinski definition) is 4. The summed E-state index contributed by atoms with van der Waals surface area (Å²) in [6, 6.07) is 44.6. The van der Waals surface area contributed by atoms with Crippen molar-refractivity contribution in [3.63, 3.8) is 0 Å². The SMILES string of the molecule is C1=CC2C=C(c3nc(-c4ccccc4)nc(-c4ccc5c(c4)-c4cccc6cccc-5c46)n3)C=C(c3cccc4oc5ccccc5c34)C2C=C1. The molecule has 3 aliphatic carbocycles. The van der Waals surface area contributed by atoms with Crippen molar-refractivity contribution in [1.29, 1.82) is 0 Å². The molecule has 3 aliphatic rings. The molecule has 0 fully saturated rings. The summed E-state index contributed by atoms with van der Waals surface area (Å²) in [7, 11) is 0. The third-order valence-corrected chi connectivity index (χ3v) is 10.6. The predicted octanol–water partition coefficient (Wildman–Crippen LogP) is 11.7. The fraction of sp³-hybridized carbons (Fsp3) is 0.0426. The van der Waals surface area contributed by atoms with E-state index in [-0.39, 0.29) is 11.8 Å². The largest absolute Gasteiger partial charge is 0.456 e. The molecule has 4 nitrogen and oxygen atoms in total. The minimum absolute atomic E-state index is 0.151. The second kappa shape index (κ2) is 10.9. The Balaban J connectivity index is 1.11. The predicted molar refractivity (Wildman–Crippen MR) is 208 cm³/mol. The van der Waals surface area contributed by atoms with Gasteiger partial charge in [0.25, 0.3) is 0 Å². The highest BCUT2D eigenvalue weighted by atomic mass is 16.3. The van der Waals surface area contributed by atoms with Gasteiger partial charge < -0.3 is 4.42 Å². The molecule has 2 unspecified atom stereocenters. The second-order valence-electron chi connectivity index (χ2n) is 13.5. The summed E-state index contributed by atoms with van der Waals surface area (Å²) in [6.07, 6.45) is 13.5. The summed E-state index contributed by atoms with van der Waals surface area (Å²) in [5.41, 5.74) is 12.1. The highest BCUT2D eigenvalue weighted by Crippen LogP contribution is 2.49. The fourth-order valence-corrected chi connectivity index (χ4v) is 8.31. The summed E-state index contributed by atoms with van der Waals surface area (Å²) in [6.45, 7) is 0. The van der Waals surface area contributed by atoms with Gasteiger partial charge in [-0.05, 0) is 68.4 Å². The van der Waals surface area contributed by atoms with Crippen LogP contribution in [-0.2, 0) is 0 Å². The average Bonchev–Trinajstić information content (AvgIpc) is 3.74. The molecule has 51 heavy (non-hydrogen) atoms. The van der Waals surface area contributed by atoms with Gasteiger partial charge in [0.1, 0.15) is 11.2 Å². The normalized spacial score (nSPS) is 17.1. The molecule has 0 saturated heterocycles. The van der Waals surface area contributed by atoms with Crippen LogP contribution in [-0.4, -0.2) is 15.0 Å². The van der Waals surface area contributed by atoms with Crippen LogP contribution >= 0.6 is 0 Å². The summed E-state index contributed by atoms with van der Waals surface area (Å²) in [5, 5.41) is 4.82. The zero-order valence-corrected chi connectivity index (χ0v) is 27.5. The maximum Gasteiger partial charge on any atom is 0.164 e. The van der Waals surface area contributed by atoms with Gasteiger partial charge in [-0.3, -0.25) is 0 Å². The van der Waals surface area contributed by atoms with E-state index in [1.54, 1.807) is 0 Å². The van der Waals surface area contributed by atoms with Gasteiger partial charge in [-0.15, -0.1) is 0 Å². The number of nitrogens with zero attached hydrogens (tertiary/aromatic N) is 3. The van der Waals surface area contributed by atoms with Crippen molar-refractivity contribution < 1.29 is 4.42 Å². The molecule has 0 radical (unpaired) electrons. The Bertz CT molecular complexity index is 2870. The van der Waals surface area contributed by atoms with Gasteiger partial charge in [0.15, 0.2) is 17.5 Å². The number of furan rings is 1. The minimum atomic E-state index is 0.151. The van der Waals surface area contributed by atoms with E-state index in [1.165, 1.54) is 44.2 Å². The molecule has 0 saturated carbocycles. The van der Waals surface area contributed by atoms with Crippen LogP contribution in [0.1, 0.15) is 11.4 Å². The number of aromatic nitrogens is 3. The Morgan fingerprint density at radius 3 is 2.08 bits per heavy atom. The lowest BCUT2D eigenvalue weighted by Crippen LogP contribution is -2.17. The van der Waals surface area contributed by atoms with E-state index in [1.807, 2.05) is 30.3 Å². The molecule has 11 rings (SSSR count).